The van der Waals surface area contributed by atoms with E-state index in [0.29, 0.717) is 35.5 Å². The first kappa shape index (κ1) is 22.7. The molecule has 6 nitrogen and oxygen atoms in total. The SMILES string of the molecule is C=CC(=O)OCCc1ccc(OC(=O)C2=CC3=CC=C(OC(=O)C(=C)C)CC3C=C2)cc1. The minimum absolute atomic E-state index is 0.0268. The Morgan fingerprint density at radius 2 is 1.88 bits per heavy atom. The van der Waals surface area contributed by atoms with E-state index in [1.807, 2.05) is 24.3 Å². The zero-order chi connectivity index (χ0) is 23.1. The van der Waals surface area contributed by atoms with Crippen molar-refractivity contribution < 1.29 is 28.6 Å². The molecule has 32 heavy (non-hydrogen) atoms. The second-order valence-corrected chi connectivity index (χ2v) is 7.39. The van der Waals surface area contributed by atoms with E-state index < -0.39 is 17.9 Å². The molecule has 0 bridgehead atoms. The fourth-order valence-electron chi connectivity index (χ4n) is 3.12. The number of hydrogen-bond donors (Lipinski definition) is 0. The number of fused-ring (bicyclic) bond motifs is 1. The highest BCUT2D eigenvalue weighted by molar-refractivity contribution is 5.94. The summed E-state index contributed by atoms with van der Waals surface area (Å²) < 4.78 is 15.7. The fourth-order valence-corrected chi connectivity index (χ4v) is 3.12. The first-order valence-electron chi connectivity index (χ1n) is 10.1. The minimum Gasteiger partial charge on any atom is -0.462 e. The van der Waals surface area contributed by atoms with Crippen molar-refractivity contribution in [1.29, 1.82) is 0 Å². The van der Waals surface area contributed by atoms with Crippen LogP contribution in [0.3, 0.4) is 0 Å². The Kier molecular flexibility index (Phi) is 7.39. The van der Waals surface area contributed by atoms with Crippen molar-refractivity contribution in [3.8, 4) is 5.75 Å². The lowest BCUT2D eigenvalue weighted by Gasteiger charge is -2.23. The zero-order valence-corrected chi connectivity index (χ0v) is 17.8. The molecule has 0 N–H and O–H groups in total. The summed E-state index contributed by atoms with van der Waals surface area (Å²) in [5.41, 5.74) is 2.67. The lowest BCUT2D eigenvalue weighted by Crippen LogP contribution is -2.17. The quantitative estimate of drug-likeness (QED) is 0.346. The van der Waals surface area contributed by atoms with Crippen LogP contribution in [0, 0.1) is 5.92 Å². The highest BCUT2D eigenvalue weighted by atomic mass is 16.5. The van der Waals surface area contributed by atoms with Gasteiger partial charge in [0, 0.05) is 30.4 Å². The first-order chi connectivity index (χ1) is 15.4. The fraction of sp³-hybridized carbons (Fsp3) is 0.192. The van der Waals surface area contributed by atoms with Crippen LogP contribution in [-0.2, 0) is 30.3 Å². The Balaban J connectivity index is 1.58. The van der Waals surface area contributed by atoms with Crippen LogP contribution in [0.25, 0.3) is 0 Å². The summed E-state index contributed by atoms with van der Waals surface area (Å²) in [5, 5.41) is 0. The van der Waals surface area contributed by atoms with Crippen molar-refractivity contribution in [2.45, 2.75) is 19.8 Å². The van der Waals surface area contributed by atoms with Gasteiger partial charge in [0.05, 0.1) is 12.2 Å². The van der Waals surface area contributed by atoms with E-state index in [1.54, 1.807) is 37.3 Å². The molecule has 1 aromatic rings. The summed E-state index contributed by atoms with van der Waals surface area (Å²) in [6.07, 6.45) is 11.2. The van der Waals surface area contributed by atoms with Crippen LogP contribution in [0.1, 0.15) is 18.9 Å². The monoisotopic (exact) mass is 432 g/mol. The summed E-state index contributed by atoms with van der Waals surface area (Å²) in [6, 6.07) is 7.02. The molecule has 164 valence electrons. The van der Waals surface area contributed by atoms with Gasteiger partial charge in [-0.15, -0.1) is 0 Å². The van der Waals surface area contributed by atoms with Crippen LogP contribution in [-0.4, -0.2) is 24.5 Å². The molecule has 1 aromatic carbocycles. The van der Waals surface area contributed by atoms with Crippen LogP contribution in [0.15, 0.2) is 96.4 Å². The van der Waals surface area contributed by atoms with Gasteiger partial charge < -0.3 is 14.2 Å². The third-order valence-corrected chi connectivity index (χ3v) is 4.88. The number of carbonyl (C=O) groups is 3. The average Bonchev–Trinajstić information content (AvgIpc) is 2.79. The van der Waals surface area contributed by atoms with Gasteiger partial charge in [-0.3, -0.25) is 0 Å². The van der Waals surface area contributed by atoms with Crippen molar-refractivity contribution >= 4 is 17.9 Å². The molecule has 2 aliphatic carbocycles. The second kappa shape index (κ2) is 10.4. The number of ether oxygens (including phenoxy) is 3. The minimum atomic E-state index is -0.461. The molecule has 0 saturated heterocycles. The molecule has 0 radical (unpaired) electrons. The third-order valence-electron chi connectivity index (χ3n) is 4.88. The van der Waals surface area contributed by atoms with E-state index in [2.05, 4.69) is 13.2 Å². The van der Waals surface area contributed by atoms with Gasteiger partial charge in [0.2, 0.25) is 0 Å². The van der Waals surface area contributed by atoms with Crippen molar-refractivity contribution in [3.05, 3.63) is 102 Å². The Morgan fingerprint density at radius 1 is 1.12 bits per heavy atom. The number of allylic oxidation sites excluding steroid dienone is 6. The Morgan fingerprint density at radius 3 is 2.56 bits per heavy atom. The van der Waals surface area contributed by atoms with Crippen molar-refractivity contribution in [2.24, 2.45) is 5.92 Å². The maximum absolute atomic E-state index is 12.6. The topological polar surface area (TPSA) is 78.9 Å². The van der Waals surface area contributed by atoms with Crippen molar-refractivity contribution in [3.63, 3.8) is 0 Å². The number of rotatable bonds is 8. The van der Waals surface area contributed by atoms with Gasteiger partial charge in [-0.1, -0.05) is 43.5 Å². The maximum atomic E-state index is 12.6. The van der Waals surface area contributed by atoms with E-state index in [-0.39, 0.29) is 12.5 Å². The molecule has 0 fully saturated rings. The average molecular weight is 432 g/mol. The summed E-state index contributed by atoms with van der Waals surface area (Å²) in [7, 11) is 0. The third kappa shape index (κ3) is 6.04. The van der Waals surface area contributed by atoms with Gasteiger partial charge in [-0.05, 0) is 42.3 Å². The predicted molar refractivity (Wildman–Crippen MR) is 119 cm³/mol. The predicted octanol–water partition coefficient (Wildman–Crippen LogP) is 4.31. The smallest absolute Gasteiger partial charge is 0.343 e. The normalized spacial score (nSPS) is 16.5. The Bertz CT molecular complexity index is 1070. The summed E-state index contributed by atoms with van der Waals surface area (Å²) >= 11 is 0. The number of carbonyl (C=O) groups excluding carboxylic acids is 3. The molecule has 6 heteroatoms. The molecule has 0 heterocycles. The Labute approximate surface area is 186 Å². The van der Waals surface area contributed by atoms with Crippen LogP contribution in [0.5, 0.6) is 5.75 Å². The first-order valence-corrected chi connectivity index (χ1v) is 10.1. The molecular weight excluding hydrogens is 408 g/mol. The molecular formula is C26H24O6. The highest BCUT2D eigenvalue weighted by Gasteiger charge is 2.24. The molecule has 0 aromatic heterocycles. The molecule has 2 aliphatic rings. The molecule has 0 spiro atoms. The van der Waals surface area contributed by atoms with Gasteiger partial charge in [0.1, 0.15) is 11.5 Å². The highest BCUT2D eigenvalue weighted by Crippen LogP contribution is 2.32. The van der Waals surface area contributed by atoms with E-state index >= 15 is 0 Å². The number of benzene rings is 1. The van der Waals surface area contributed by atoms with E-state index in [1.165, 1.54) is 0 Å². The van der Waals surface area contributed by atoms with Crippen molar-refractivity contribution in [2.75, 3.05) is 6.61 Å². The van der Waals surface area contributed by atoms with E-state index in [4.69, 9.17) is 14.2 Å². The second-order valence-electron chi connectivity index (χ2n) is 7.39. The van der Waals surface area contributed by atoms with Gasteiger partial charge in [-0.25, -0.2) is 14.4 Å². The molecule has 1 atom stereocenters. The van der Waals surface area contributed by atoms with Crippen LogP contribution >= 0.6 is 0 Å². The van der Waals surface area contributed by atoms with Crippen LogP contribution in [0.4, 0.5) is 0 Å². The zero-order valence-electron chi connectivity index (χ0n) is 17.8. The summed E-state index contributed by atoms with van der Waals surface area (Å²) in [4.78, 5) is 35.3. The molecule has 0 amide bonds. The van der Waals surface area contributed by atoms with Crippen LogP contribution < -0.4 is 4.74 Å². The lowest BCUT2D eigenvalue weighted by atomic mass is 9.85. The van der Waals surface area contributed by atoms with Gasteiger partial charge in [0.25, 0.3) is 0 Å². The van der Waals surface area contributed by atoms with E-state index in [9.17, 15) is 14.4 Å². The van der Waals surface area contributed by atoms with Gasteiger partial charge in [0.15, 0.2) is 0 Å². The number of esters is 3. The standard InChI is InChI=1S/C26H24O6/c1-4-24(27)30-14-13-18-5-10-22(11-6-18)31-26(29)21-8-7-20-16-23(12-9-19(20)15-21)32-25(28)17(2)3/h4-12,15,20H,1-2,13-14,16H2,3H3. The van der Waals surface area contributed by atoms with E-state index in [0.717, 1.165) is 17.2 Å². The Hall–Kier alpha value is -3.93. The molecule has 1 unspecified atom stereocenters. The largest absolute Gasteiger partial charge is 0.462 e. The summed E-state index contributed by atoms with van der Waals surface area (Å²) in [5.74, 6) is -0.355. The molecule has 0 saturated carbocycles. The summed E-state index contributed by atoms with van der Waals surface area (Å²) in [6.45, 7) is 8.78. The van der Waals surface area contributed by atoms with Crippen molar-refractivity contribution in [1.82, 2.24) is 0 Å². The van der Waals surface area contributed by atoms with Gasteiger partial charge >= 0.3 is 17.9 Å². The maximum Gasteiger partial charge on any atom is 0.343 e. The lowest BCUT2D eigenvalue weighted by molar-refractivity contribution is -0.138. The molecule has 0 aliphatic heterocycles. The molecule has 3 rings (SSSR count). The van der Waals surface area contributed by atoms with Crippen LogP contribution in [0.2, 0.25) is 0 Å². The van der Waals surface area contributed by atoms with Gasteiger partial charge in [-0.2, -0.15) is 0 Å². The number of hydrogen-bond acceptors (Lipinski definition) is 6.